The molecule has 2 heterocycles. The Morgan fingerprint density at radius 3 is 2.86 bits per heavy atom. The van der Waals surface area contributed by atoms with E-state index in [0.717, 1.165) is 16.9 Å². The zero-order valence-corrected chi connectivity index (χ0v) is 16.8. The van der Waals surface area contributed by atoms with Crippen molar-refractivity contribution in [1.29, 1.82) is 0 Å². The second-order valence-corrected chi connectivity index (χ2v) is 9.39. The topological polar surface area (TPSA) is 63.9 Å². The average Bonchev–Trinajstić information content (AvgIpc) is 3.19. The molecule has 142 valence electrons. The molecule has 0 saturated heterocycles. The van der Waals surface area contributed by atoms with Crippen LogP contribution in [0.5, 0.6) is 5.75 Å². The maximum absolute atomic E-state index is 12.7. The summed E-state index contributed by atoms with van der Waals surface area (Å²) in [5.74, 6) is 0.372. The minimum absolute atomic E-state index is 0.132. The molecular weight excluding hydrogens is 394 g/mol. The summed E-state index contributed by atoms with van der Waals surface area (Å²) in [5, 5.41) is 2.32. The lowest BCUT2D eigenvalue weighted by Gasteiger charge is -2.32. The van der Waals surface area contributed by atoms with Crippen LogP contribution >= 0.6 is 11.3 Å². The van der Waals surface area contributed by atoms with Crippen molar-refractivity contribution in [3.05, 3.63) is 70.0 Å². The molecule has 0 saturated carbocycles. The number of aromatic nitrogens is 1. The molecular formula is C20H17N3O3S2. The van der Waals surface area contributed by atoms with Crippen molar-refractivity contribution in [3.8, 4) is 5.75 Å². The summed E-state index contributed by atoms with van der Waals surface area (Å²) < 4.78 is 31.2. The van der Waals surface area contributed by atoms with E-state index in [-0.39, 0.29) is 10.6 Å². The smallest absolute Gasteiger partial charge is 0.210 e. The minimum Gasteiger partial charge on any atom is -0.489 e. The Morgan fingerprint density at radius 1 is 1.25 bits per heavy atom. The number of fused-ring (bicyclic) bond motifs is 1. The third-order valence-electron chi connectivity index (χ3n) is 4.49. The van der Waals surface area contributed by atoms with Gasteiger partial charge in [-0.1, -0.05) is 17.7 Å². The molecule has 3 aromatic rings. The number of thiazole rings is 1. The minimum atomic E-state index is -3.52. The van der Waals surface area contributed by atoms with Gasteiger partial charge in [0.15, 0.2) is 9.84 Å². The Hall–Kier alpha value is -2.89. The van der Waals surface area contributed by atoms with Gasteiger partial charge >= 0.3 is 0 Å². The lowest BCUT2D eigenvalue weighted by Crippen LogP contribution is -2.28. The number of benzene rings is 2. The zero-order valence-electron chi connectivity index (χ0n) is 15.1. The molecule has 4 rings (SSSR count). The Balaban J connectivity index is 1.73. The van der Waals surface area contributed by atoms with Gasteiger partial charge in [0.1, 0.15) is 23.1 Å². The van der Waals surface area contributed by atoms with Crippen LogP contribution in [0.2, 0.25) is 0 Å². The summed E-state index contributed by atoms with van der Waals surface area (Å²) >= 11 is 1.32. The summed E-state index contributed by atoms with van der Waals surface area (Å²) in [7, 11) is -3.52. The van der Waals surface area contributed by atoms with Crippen LogP contribution in [-0.2, 0) is 15.6 Å². The Morgan fingerprint density at radius 2 is 2.11 bits per heavy atom. The highest BCUT2D eigenvalue weighted by Crippen LogP contribution is 2.42. The van der Waals surface area contributed by atoms with Crippen molar-refractivity contribution in [1.82, 2.24) is 4.98 Å². The monoisotopic (exact) mass is 411 g/mol. The fraction of sp³-hybridized carbons (Fsp3) is 0.200. The first kappa shape index (κ1) is 18.5. The second kappa shape index (κ2) is 7.26. The molecule has 28 heavy (non-hydrogen) atoms. The van der Waals surface area contributed by atoms with Crippen LogP contribution in [0.3, 0.4) is 0 Å². The Kier molecular flexibility index (Phi) is 4.79. The molecule has 2 aromatic carbocycles. The zero-order chi connectivity index (χ0) is 19.7. The highest BCUT2D eigenvalue weighted by molar-refractivity contribution is 7.90. The number of sulfone groups is 1. The van der Waals surface area contributed by atoms with E-state index in [4.69, 9.17) is 11.3 Å². The molecule has 0 spiro atoms. The van der Waals surface area contributed by atoms with Crippen molar-refractivity contribution >= 4 is 38.2 Å². The number of ether oxygens (including phenoxy) is 1. The van der Waals surface area contributed by atoms with E-state index >= 15 is 0 Å². The number of nitrogens with zero attached hydrogens (tertiary/aromatic N) is 3. The molecule has 0 N–H and O–H groups in total. The lowest BCUT2D eigenvalue weighted by atomic mass is 10.1. The third-order valence-corrected chi connectivity index (χ3v) is 7.08. The molecule has 0 amide bonds. The molecule has 1 aliphatic heterocycles. The van der Waals surface area contributed by atoms with Crippen LogP contribution in [-0.4, -0.2) is 26.6 Å². The lowest BCUT2D eigenvalue weighted by molar-refractivity contribution is 0.313. The number of hydrogen-bond donors (Lipinski definition) is 0. The second-order valence-electron chi connectivity index (χ2n) is 6.42. The first-order valence-electron chi connectivity index (χ1n) is 8.61. The fourth-order valence-corrected chi connectivity index (χ4v) is 5.42. The van der Waals surface area contributed by atoms with E-state index in [1.54, 1.807) is 35.8 Å². The van der Waals surface area contributed by atoms with Crippen molar-refractivity contribution in [2.75, 3.05) is 18.1 Å². The molecule has 0 bridgehead atoms. The van der Waals surface area contributed by atoms with E-state index < -0.39 is 9.84 Å². The van der Waals surface area contributed by atoms with Crippen LogP contribution in [0, 0.1) is 13.5 Å². The van der Waals surface area contributed by atoms with Crippen LogP contribution in [0.15, 0.2) is 52.9 Å². The first-order chi connectivity index (χ1) is 13.5. The van der Waals surface area contributed by atoms with Gasteiger partial charge in [-0.15, -0.1) is 11.3 Å². The number of rotatable bonds is 4. The third kappa shape index (κ3) is 3.46. The van der Waals surface area contributed by atoms with Gasteiger partial charge in [-0.3, -0.25) is 0 Å². The SMILES string of the molecule is [C-]#[N+]c1ccc(C)cc1N1CCOc2cc(S(=O)(=O)Cc3nccs3)ccc21. The molecule has 0 radical (unpaired) electrons. The molecule has 0 atom stereocenters. The summed E-state index contributed by atoms with van der Waals surface area (Å²) in [5.41, 5.74) is 3.17. The summed E-state index contributed by atoms with van der Waals surface area (Å²) in [6, 6.07) is 10.6. The standard InChI is InChI=1S/C20H17N3O3S2/c1-14-3-5-16(21-2)18(11-14)23-8-9-26-19-12-15(4-6-17(19)23)28(24,25)13-20-22-7-10-27-20/h3-7,10-12H,8-9,13H2,1H3. The number of hydrogen-bond acceptors (Lipinski definition) is 6. The van der Waals surface area contributed by atoms with Crippen LogP contribution in [0.4, 0.5) is 17.1 Å². The van der Waals surface area contributed by atoms with E-state index in [9.17, 15) is 8.42 Å². The van der Waals surface area contributed by atoms with E-state index in [0.29, 0.717) is 29.6 Å². The summed E-state index contributed by atoms with van der Waals surface area (Å²) in [6.07, 6.45) is 1.60. The summed E-state index contributed by atoms with van der Waals surface area (Å²) in [4.78, 5) is 9.91. The van der Waals surface area contributed by atoms with Crippen LogP contribution in [0.1, 0.15) is 10.6 Å². The molecule has 0 fully saturated rings. The van der Waals surface area contributed by atoms with Crippen LogP contribution < -0.4 is 9.64 Å². The predicted molar refractivity (Wildman–Crippen MR) is 109 cm³/mol. The fourth-order valence-electron chi connectivity index (χ4n) is 3.16. The van der Waals surface area contributed by atoms with Gasteiger partial charge in [-0.05, 0) is 25.1 Å². The Labute approximate surface area is 167 Å². The average molecular weight is 412 g/mol. The molecule has 0 unspecified atom stereocenters. The maximum atomic E-state index is 12.7. The predicted octanol–water partition coefficient (Wildman–Crippen LogP) is 4.51. The van der Waals surface area contributed by atoms with Gasteiger partial charge in [0.05, 0.1) is 23.7 Å². The van der Waals surface area contributed by atoms with Gasteiger partial charge in [-0.2, -0.15) is 0 Å². The summed E-state index contributed by atoms with van der Waals surface area (Å²) in [6.45, 7) is 10.4. The molecule has 0 aliphatic carbocycles. The van der Waals surface area contributed by atoms with Gasteiger partial charge < -0.3 is 9.64 Å². The van der Waals surface area contributed by atoms with Gasteiger partial charge in [0, 0.05) is 23.3 Å². The molecule has 8 heteroatoms. The number of anilines is 2. The van der Waals surface area contributed by atoms with Crippen molar-refractivity contribution in [2.24, 2.45) is 0 Å². The van der Waals surface area contributed by atoms with E-state index in [2.05, 4.69) is 9.83 Å². The van der Waals surface area contributed by atoms with E-state index in [1.165, 1.54) is 11.3 Å². The van der Waals surface area contributed by atoms with Crippen molar-refractivity contribution < 1.29 is 13.2 Å². The van der Waals surface area contributed by atoms with Gasteiger partial charge in [0.2, 0.25) is 5.69 Å². The molecule has 6 nitrogen and oxygen atoms in total. The van der Waals surface area contributed by atoms with Crippen LogP contribution in [0.25, 0.3) is 4.85 Å². The number of aryl methyl sites for hydroxylation is 1. The normalized spacial score (nSPS) is 13.5. The highest BCUT2D eigenvalue weighted by atomic mass is 32.2. The molecule has 1 aliphatic rings. The van der Waals surface area contributed by atoms with Gasteiger partial charge in [0.25, 0.3) is 0 Å². The maximum Gasteiger partial charge on any atom is 0.210 e. The quantitative estimate of drug-likeness (QED) is 0.591. The van der Waals surface area contributed by atoms with Gasteiger partial charge in [-0.25, -0.2) is 18.2 Å². The Bertz CT molecular complexity index is 1170. The highest BCUT2D eigenvalue weighted by Gasteiger charge is 2.25. The van der Waals surface area contributed by atoms with Crippen molar-refractivity contribution in [3.63, 3.8) is 0 Å². The van der Waals surface area contributed by atoms with Crippen molar-refractivity contribution in [2.45, 2.75) is 17.6 Å². The van der Waals surface area contributed by atoms with E-state index in [1.807, 2.05) is 24.0 Å². The largest absolute Gasteiger partial charge is 0.489 e. The first-order valence-corrected chi connectivity index (χ1v) is 11.1. The molecule has 1 aromatic heterocycles.